The molecule has 6 heteroatoms. The molecule has 1 aromatic rings. The first-order valence-corrected chi connectivity index (χ1v) is 11.0. The average molecular weight is 416 g/mol. The van der Waals surface area contributed by atoms with Gasteiger partial charge in [0, 0.05) is 18.9 Å². The molecule has 0 fully saturated rings. The van der Waals surface area contributed by atoms with Crippen molar-refractivity contribution in [1.82, 2.24) is 16.0 Å². The first-order valence-electron chi connectivity index (χ1n) is 11.0. The lowest BCUT2D eigenvalue weighted by atomic mass is 10.0. The predicted octanol–water partition coefficient (Wildman–Crippen LogP) is 3.36. The molecule has 0 saturated heterocycles. The van der Waals surface area contributed by atoms with Crippen molar-refractivity contribution in [2.24, 2.45) is 0 Å². The molecule has 0 spiro atoms. The zero-order valence-corrected chi connectivity index (χ0v) is 19.0. The van der Waals surface area contributed by atoms with Gasteiger partial charge < -0.3 is 16.0 Å². The van der Waals surface area contributed by atoms with Crippen molar-refractivity contribution in [3.8, 4) is 0 Å². The number of carbonyl (C=O) groups excluding carboxylic acids is 3. The summed E-state index contributed by atoms with van der Waals surface area (Å²) in [5.41, 5.74) is 2.03. The molecule has 3 N–H and O–H groups in total. The molecule has 0 unspecified atom stereocenters. The normalized spacial score (nSPS) is 20.5. The fraction of sp³-hybridized carbons (Fsp3) is 0.542. The highest BCUT2D eigenvalue weighted by Gasteiger charge is 2.25. The van der Waals surface area contributed by atoms with Gasteiger partial charge in [-0.05, 0) is 51.2 Å². The van der Waals surface area contributed by atoms with Crippen LogP contribution >= 0.6 is 0 Å². The lowest BCUT2D eigenvalue weighted by molar-refractivity contribution is -0.131. The lowest BCUT2D eigenvalue weighted by Gasteiger charge is -2.22. The van der Waals surface area contributed by atoms with Gasteiger partial charge >= 0.3 is 0 Å². The number of hydrogen-bond acceptors (Lipinski definition) is 3. The highest BCUT2D eigenvalue weighted by molar-refractivity contribution is 5.92. The van der Waals surface area contributed by atoms with Crippen molar-refractivity contribution in [2.75, 3.05) is 0 Å². The Kier molecular flexibility index (Phi) is 11.5. The molecular weight excluding hydrogens is 378 g/mol. The van der Waals surface area contributed by atoms with Crippen molar-refractivity contribution >= 4 is 23.8 Å². The zero-order chi connectivity index (χ0) is 22.5. The van der Waals surface area contributed by atoms with E-state index in [1.165, 1.54) is 0 Å². The molecule has 166 valence electrons. The summed E-state index contributed by atoms with van der Waals surface area (Å²) in [6.45, 7) is 9.39. The second kappa shape index (κ2) is 13.6. The Balaban J connectivity index is 0.00000218. The van der Waals surface area contributed by atoms with Gasteiger partial charge in [0.25, 0.3) is 0 Å². The molecule has 0 radical (unpaired) electrons. The van der Waals surface area contributed by atoms with Crippen molar-refractivity contribution in [3.63, 3.8) is 0 Å². The number of benzene rings is 1. The smallest absolute Gasteiger partial charge is 0.243 e. The van der Waals surface area contributed by atoms with Gasteiger partial charge in [0.1, 0.15) is 12.1 Å². The summed E-state index contributed by atoms with van der Waals surface area (Å²) in [5.74, 6) is -0.739. The van der Waals surface area contributed by atoms with Crippen molar-refractivity contribution < 1.29 is 14.4 Å². The number of amides is 3. The molecule has 6 nitrogen and oxygen atoms in total. The quantitative estimate of drug-likeness (QED) is 0.692. The Morgan fingerprint density at radius 3 is 2.57 bits per heavy atom. The van der Waals surface area contributed by atoms with Crippen molar-refractivity contribution in [1.29, 1.82) is 0 Å². The molecule has 1 heterocycles. The standard InChI is InChI=1S/C22H31N3O3.C2H6/c1-15(2)23-22(28)19-14-18-11-8-10-17(13-18)9-6-4-5-7-12-20(26)24-16(3)21(27)25-19;1-2/h6,8-11,13,15-16,19H,4-5,7,12,14H2,1-3H3,(H,23,28)(H,24,26)(H,25,27);1-2H3/t16-,19-;/m0./s1. The number of nitrogens with one attached hydrogen (secondary N) is 3. The highest BCUT2D eigenvalue weighted by atomic mass is 16.2. The summed E-state index contributed by atoms with van der Waals surface area (Å²) in [5, 5.41) is 8.38. The Morgan fingerprint density at radius 2 is 1.87 bits per heavy atom. The van der Waals surface area contributed by atoms with Crippen LogP contribution in [0.2, 0.25) is 0 Å². The summed E-state index contributed by atoms with van der Waals surface area (Å²) >= 11 is 0. The first-order chi connectivity index (χ1) is 14.3. The van der Waals surface area contributed by atoms with Crippen LogP contribution < -0.4 is 16.0 Å². The Bertz CT molecular complexity index is 728. The van der Waals surface area contributed by atoms with Gasteiger partial charge in [-0.3, -0.25) is 14.4 Å². The van der Waals surface area contributed by atoms with Gasteiger partial charge in [0.05, 0.1) is 0 Å². The second-order valence-electron chi connectivity index (χ2n) is 7.61. The molecule has 2 rings (SSSR count). The fourth-order valence-corrected chi connectivity index (χ4v) is 3.10. The van der Waals surface area contributed by atoms with Crippen LogP contribution in [0.5, 0.6) is 0 Å². The Morgan fingerprint density at radius 1 is 1.13 bits per heavy atom. The van der Waals surface area contributed by atoms with E-state index in [1.807, 2.05) is 52.0 Å². The summed E-state index contributed by atoms with van der Waals surface area (Å²) in [4.78, 5) is 37.2. The molecule has 1 aliphatic rings. The van der Waals surface area contributed by atoms with Crippen LogP contribution in [0, 0.1) is 0 Å². The van der Waals surface area contributed by atoms with Gasteiger partial charge in [-0.15, -0.1) is 0 Å². The number of rotatable bonds is 2. The Hall–Kier alpha value is -2.63. The third-order valence-corrected chi connectivity index (χ3v) is 4.56. The largest absolute Gasteiger partial charge is 0.352 e. The highest BCUT2D eigenvalue weighted by Crippen LogP contribution is 2.12. The van der Waals surface area contributed by atoms with E-state index in [2.05, 4.69) is 28.1 Å². The van der Waals surface area contributed by atoms with Crippen molar-refractivity contribution in [3.05, 3.63) is 41.5 Å². The predicted molar refractivity (Wildman–Crippen MR) is 122 cm³/mol. The summed E-state index contributed by atoms with van der Waals surface area (Å²) in [6.07, 6.45) is 7.51. The van der Waals surface area contributed by atoms with Gasteiger partial charge in [-0.25, -0.2) is 0 Å². The van der Waals surface area contributed by atoms with Crippen LogP contribution in [0.15, 0.2) is 30.3 Å². The maximum Gasteiger partial charge on any atom is 0.243 e. The van der Waals surface area contributed by atoms with Crippen LogP contribution in [0.4, 0.5) is 0 Å². The van der Waals surface area contributed by atoms with Gasteiger partial charge in [0.2, 0.25) is 17.7 Å². The van der Waals surface area contributed by atoms with E-state index in [1.54, 1.807) is 6.92 Å². The summed E-state index contributed by atoms with van der Waals surface area (Å²) in [7, 11) is 0. The molecule has 0 aromatic heterocycles. The fourth-order valence-electron chi connectivity index (χ4n) is 3.10. The van der Waals surface area contributed by atoms with Crippen molar-refractivity contribution in [2.45, 2.75) is 84.8 Å². The monoisotopic (exact) mass is 415 g/mol. The third-order valence-electron chi connectivity index (χ3n) is 4.56. The van der Waals surface area contributed by atoms with Gasteiger partial charge in [-0.1, -0.05) is 50.3 Å². The molecule has 0 aliphatic carbocycles. The SMILES string of the molecule is CC.CC(C)NC(=O)[C@@H]1Cc2cccc(c2)C=CCCCCC(=O)N[C@@H](C)C(=O)N1. The minimum atomic E-state index is -0.707. The van der Waals surface area contributed by atoms with Gasteiger partial charge in [0.15, 0.2) is 0 Å². The van der Waals surface area contributed by atoms with Crippen LogP contribution in [0.1, 0.15) is 71.4 Å². The van der Waals surface area contributed by atoms with E-state index in [0.29, 0.717) is 12.8 Å². The van der Waals surface area contributed by atoms with E-state index < -0.39 is 12.1 Å². The summed E-state index contributed by atoms with van der Waals surface area (Å²) < 4.78 is 0. The van der Waals surface area contributed by atoms with E-state index >= 15 is 0 Å². The van der Waals surface area contributed by atoms with Crippen LogP contribution in [0.25, 0.3) is 6.08 Å². The average Bonchev–Trinajstić information content (AvgIpc) is 2.70. The third kappa shape index (κ3) is 9.25. The minimum absolute atomic E-state index is 0.0313. The molecular formula is C24H37N3O3. The first kappa shape index (κ1) is 25.4. The number of hydrogen-bond donors (Lipinski definition) is 3. The van der Waals surface area contributed by atoms with E-state index in [0.717, 1.165) is 30.4 Å². The zero-order valence-electron chi connectivity index (χ0n) is 19.0. The summed E-state index contributed by atoms with van der Waals surface area (Å²) in [6, 6.07) is 6.53. The second-order valence-corrected chi connectivity index (χ2v) is 7.61. The topological polar surface area (TPSA) is 87.3 Å². The van der Waals surface area contributed by atoms with Crippen LogP contribution in [0.3, 0.4) is 0 Å². The molecule has 2 atom stereocenters. The number of carbonyl (C=O) groups is 3. The maximum absolute atomic E-state index is 12.6. The van der Waals surface area contributed by atoms with Crippen LogP contribution in [-0.2, 0) is 20.8 Å². The van der Waals surface area contributed by atoms with Gasteiger partial charge in [-0.2, -0.15) is 0 Å². The van der Waals surface area contributed by atoms with E-state index in [-0.39, 0.29) is 23.8 Å². The number of fused-ring (bicyclic) bond motifs is 2. The Labute approximate surface area is 180 Å². The molecule has 30 heavy (non-hydrogen) atoms. The maximum atomic E-state index is 12.6. The molecule has 2 bridgehead atoms. The molecule has 1 aliphatic heterocycles. The van der Waals surface area contributed by atoms with Crippen LogP contribution in [-0.4, -0.2) is 35.8 Å². The van der Waals surface area contributed by atoms with E-state index in [9.17, 15) is 14.4 Å². The molecule has 0 saturated carbocycles. The minimum Gasteiger partial charge on any atom is -0.352 e. The lowest BCUT2D eigenvalue weighted by Crippen LogP contribution is -2.54. The molecule has 3 amide bonds. The number of allylic oxidation sites excluding steroid dienone is 1. The molecule has 1 aromatic carbocycles. The van der Waals surface area contributed by atoms with E-state index in [4.69, 9.17) is 0 Å².